The van der Waals surface area contributed by atoms with Gasteiger partial charge in [0.1, 0.15) is 0 Å². The van der Waals surface area contributed by atoms with E-state index >= 15 is 0 Å². The van der Waals surface area contributed by atoms with Gasteiger partial charge in [0, 0.05) is 31.1 Å². The van der Waals surface area contributed by atoms with Crippen molar-refractivity contribution in [1.82, 2.24) is 9.40 Å². The average molecular weight is 215 g/mol. The fourth-order valence-corrected chi connectivity index (χ4v) is 2.20. The van der Waals surface area contributed by atoms with Gasteiger partial charge in [-0.2, -0.15) is 0 Å². The van der Waals surface area contributed by atoms with Crippen LogP contribution in [-0.2, 0) is 6.42 Å². The number of nitrogens with zero attached hydrogens (tertiary/aromatic N) is 2. The molecule has 0 bridgehead atoms. The van der Waals surface area contributed by atoms with Gasteiger partial charge in [0.25, 0.3) is 0 Å². The molecule has 2 nitrogen and oxygen atoms in total. The summed E-state index contributed by atoms with van der Waals surface area (Å²) in [6, 6.07) is 0. The molecule has 13 heavy (non-hydrogen) atoms. The van der Waals surface area contributed by atoms with Gasteiger partial charge >= 0.3 is 0 Å². The van der Waals surface area contributed by atoms with E-state index in [1.807, 2.05) is 16.0 Å². The molecule has 0 fully saturated rings. The Kier molecular flexibility index (Phi) is 2.98. The molecular weight excluding hydrogens is 204 g/mol. The molecule has 0 aliphatic carbocycles. The lowest BCUT2D eigenvalue weighted by Gasteiger charge is -2.18. The number of rotatable bonds is 2. The SMILES string of the molecule is ClN1CC=C(Cc2nccs2)CC1. The van der Waals surface area contributed by atoms with Gasteiger partial charge in [0.15, 0.2) is 0 Å². The Balaban J connectivity index is 1.96. The van der Waals surface area contributed by atoms with Crippen molar-refractivity contribution in [1.29, 1.82) is 0 Å². The largest absolute Gasteiger partial charge is 0.249 e. The minimum absolute atomic E-state index is 0.863. The van der Waals surface area contributed by atoms with E-state index in [-0.39, 0.29) is 0 Å². The van der Waals surface area contributed by atoms with Gasteiger partial charge in [-0.05, 0) is 18.2 Å². The first-order valence-electron chi connectivity index (χ1n) is 4.31. The zero-order valence-electron chi connectivity index (χ0n) is 7.24. The molecule has 1 aliphatic rings. The van der Waals surface area contributed by atoms with Crippen LogP contribution in [0.25, 0.3) is 0 Å². The first-order chi connectivity index (χ1) is 6.34. The zero-order valence-corrected chi connectivity index (χ0v) is 8.81. The van der Waals surface area contributed by atoms with E-state index in [0.29, 0.717) is 0 Å². The summed E-state index contributed by atoms with van der Waals surface area (Å²) < 4.78 is 1.81. The van der Waals surface area contributed by atoms with Crippen LogP contribution in [0.5, 0.6) is 0 Å². The maximum atomic E-state index is 5.84. The van der Waals surface area contributed by atoms with Gasteiger partial charge in [-0.25, -0.2) is 9.40 Å². The van der Waals surface area contributed by atoms with E-state index in [0.717, 1.165) is 25.9 Å². The van der Waals surface area contributed by atoms with Crippen molar-refractivity contribution in [3.05, 3.63) is 28.2 Å². The van der Waals surface area contributed by atoms with Crippen molar-refractivity contribution in [2.45, 2.75) is 12.8 Å². The molecule has 0 unspecified atom stereocenters. The van der Waals surface area contributed by atoms with Gasteiger partial charge in [0.2, 0.25) is 0 Å². The first-order valence-corrected chi connectivity index (χ1v) is 5.53. The van der Waals surface area contributed by atoms with Gasteiger partial charge in [-0.1, -0.05) is 11.6 Å². The molecule has 0 radical (unpaired) electrons. The number of aromatic nitrogens is 1. The molecule has 0 amide bonds. The maximum Gasteiger partial charge on any atom is 0.0965 e. The second-order valence-corrected chi connectivity index (χ2v) is 4.54. The van der Waals surface area contributed by atoms with E-state index in [9.17, 15) is 0 Å². The van der Waals surface area contributed by atoms with Crippen LogP contribution >= 0.6 is 23.1 Å². The van der Waals surface area contributed by atoms with Gasteiger partial charge < -0.3 is 0 Å². The topological polar surface area (TPSA) is 16.1 Å². The Labute approximate surface area is 87.0 Å². The molecular formula is C9H11ClN2S. The number of thiazole rings is 1. The normalized spacial score (nSPS) is 18.7. The summed E-state index contributed by atoms with van der Waals surface area (Å²) in [5.74, 6) is 0. The molecule has 2 heterocycles. The third kappa shape index (κ3) is 2.53. The van der Waals surface area contributed by atoms with E-state index in [2.05, 4.69) is 11.1 Å². The molecule has 0 saturated heterocycles. The van der Waals surface area contributed by atoms with Crippen molar-refractivity contribution in [2.24, 2.45) is 0 Å². The Morgan fingerprint density at radius 3 is 3.15 bits per heavy atom. The van der Waals surface area contributed by atoms with Crippen LogP contribution in [0, 0.1) is 0 Å². The summed E-state index contributed by atoms with van der Waals surface area (Å²) in [6.07, 6.45) is 6.14. The lowest BCUT2D eigenvalue weighted by Crippen LogP contribution is -2.19. The molecule has 1 aliphatic heterocycles. The molecule has 70 valence electrons. The highest BCUT2D eigenvalue weighted by Crippen LogP contribution is 2.18. The number of hydrogen-bond donors (Lipinski definition) is 0. The predicted molar refractivity (Wildman–Crippen MR) is 55.9 cm³/mol. The maximum absolute atomic E-state index is 5.84. The zero-order chi connectivity index (χ0) is 9.10. The van der Waals surface area contributed by atoms with E-state index in [1.54, 1.807) is 11.3 Å². The third-order valence-corrected chi connectivity index (χ3v) is 3.20. The molecule has 2 rings (SSSR count). The van der Waals surface area contributed by atoms with Crippen molar-refractivity contribution >= 4 is 23.1 Å². The minimum atomic E-state index is 0.863. The standard InChI is InChI=1S/C9H11ClN2S/c10-12-4-1-8(2-5-12)7-9-11-3-6-13-9/h1,3,6H,2,4-5,7H2. The summed E-state index contributed by atoms with van der Waals surface area (Å²) in [5, 5.41) is 3.22. The lowest BCUT2D eigenvalue weighted by molar-refractivity contribution is 0.479. The summed E-state index contributed by atoms with van der Waals surface area (Å²) in [4.78, 5) is 4.26. The molecule has 4 heteroatoms. The fourth-order valence-electron chi connectivity index (χ4n) is 1.38. The summed E-state index contributed by atoms with van der Waals surface area (Å²) in [6.45, 7) is 1.82. The van der Waals surface area contributed by atoms with Crippen LogP contribution in [0.4, 0.5) is 0 Å². The minimum Gasteiger partial charge on any atom is -0.249 e. The monoisotopic (exact) mass is 214 g/mol. The third-order valence-electron chi connectivity index (χ3n) is 2.12. The lowest BCUT2D eigenvalue weighted by atomic mass is 10.1. The quantitative estimate of drug-likeness (QED) is 0.556. The molecule has 0 spiro atoms. The summed E-state index contributed by atoms with van der Waals surface area (Å²) in [5.41, 5.74) is 1.46. The highest BCUT2D eigenvalue weighted by Gasteiger charge is 2.10. The average Bonchev–Trinajstić information content (AvgIpc) is 2.62. The number of halogens is 1. The first kappa shape index (κ1) is 9.19. The van der Waals surface area contributed by atoms with Crippen molar-refractivity contribution in [2.75, 3.05) is 13.1 Å². The molecule has 0 aromatic carbocycles. The Morgan fingerprint density at radius 1 is 1.62 bits per heavy atom. The van der Waals surface area contributed by atoms with Crippen LogP contribution in [0.3, 0.4) is 0 Å². The van der Waals surface area contributed by atoms with Gasteiger partial charge in [-0.15, -0.1) is 11.3 Å². The van der Waals surface area contributed by atoms with E-state index in [1.165, 1.54) is 10.6 Å². The van der Waals surface area contributed by atoms with E-state index in [4.69, 9.17) is 11.8 Å². The molecule has 1 aromatic rings. The highest BCUT2D eigenvalue weighted by molar-refractivity contribution is 7.09. The van der Waals surface area contributed by atoms with Crippen LogP contribution in [0.15, 0.2) is 23.2 Å². The second-order valence-electron chi connectivity index (χ2n) is 3.08. The predicted octanol–water partition coefficient (Wildman–Crippen LogP) is 2.47. The molecule has 1 aromatic heterocycles. The number of hydrogen-bond acceptors (Lipinski definition) is 3. The Morgan fingerprint density at radius 2 is 2.54 bits per heavy atom. The Hall–Kier alpha value is -0.380. The fraction of sp³-hybridized carbons (Fsp3) is 0.444. The smallest absolute Gasteiger partial charge is 0.0965 e. The summed E-state index contributed by atoms with van der Waals surface area (Å²) in [7, 11) is 0. The molecule has 0 N–H and O–H groups in total. The van der Waals surface area contributed by atoms with Gasteiger partial charge in [0.05, 0.1) is 5.01 Å². The van der Waals surface area contributed by atoms with Crippen molar-refractivity contribution in [3.8, 4) is 0 Å². The van der Waals surface area contributed by atoms with Crippen molar-refractivity contribution in [3.63, 3.8) is 0 Å². The molecule has 0 saturated carbocycles. The van der Waals surface area contributed by atoms with Gasteiger partial charge in [-0.3, -0.25) is 0 Å². The van der Waals surface area contributed by atoms with Crippen LogP contribution in [0.1, 0.15) is 11.4 Å². The van der Waals surface area contributed by atoms with Crippen LogP contribution < -0.4 is 0 Å². The second kappa shape index (κ2) is 4.22. The van der Waals surface area contributed by atoms with Crippen LogP contribution in [0.2, 0.25) is 0 Å². The van der Waals surface area contributed by atoms with E-state index < -0.39 is 0 Å². The molecule has 0 atom stereocenters. The highest BCUT2D eigenvalue weighted by atomic mass is 35.5. The summed E-state index contributed by atoms with van der Waals surface area (Å²) >= 11 is 7.56. The van der Waals surface area contributed by atoms with Crippen LogP contribution in [-0.4, -0.2) is 22.5 Å². The Bertz CT molecular complexity index is 295. The van der Waals surface area contributed by atoms with Crippen molar-refractivity contribution < 1.29 is 0 Å².